The third-order valence-corrected chi connectivity index (χ3v) is 5.60. The first-order valence-corrected chi connectivity index (χ1v) is 10.8. The van der Waals surface area contributed by atoms with Gasteiger partial charge in [-0.15, -0.1) is 0 Å². The molecule has 2 aromatic heterocycles. The fourth-order valence-electron chi connectivity index (χ4n) is 3.03. The number of hydrogen-bond acceptors (Lipinski definition) is 4. The Kier molecular flexibility index (Phi) is 6.88. The number of carbonyl (C=O) groups excluding carboxylic acids is 1. The van der Waals surface area contributed by atoms with Crippen LogP contribution in [0.25, 0.3) is 0 Å². The van der Waals surface area contributed by atoms with Crippen LogP contribution in [-0.4, -0.2) is 25.5 Å². The van der Waals surface area contributed by atoms with E-state index < -0.39 is 11.7 Å². The van der Waals surface area contributed by atoms with Gasteiger partial charge >= 0.3 is 0 Å². The molecule has 0 aliphatic heterocycles. The first kappa shape index (κ1) is 23.1. The molecule has 0 radical (unpaired) electrons. The Bertz CT molecular complexity index is 1300. The molecule has 1 N–H and O–H groups in total. The molecule has 1 amide bonds. The van der Waals surface area contributed by atoms with E-state index in [0.717, 1.165) is 5.69 Å². The average molecular weight is 509 g/mol. The van der Waals surface area contributed by atoms with Gasteiger partial charge in [0.2, 0.25) is 0 Å². The normalized spacial score (nSPS) is 10.9. The van der Waals surface area contributed by atoms with Crippen LogP contribution in [0.3, 0.4) is 0 Å². The zero-order valence-electron chi connectivity index (χ0n) is 17.2. The summed E-state index contributed by atoms with van der Waals surface area (Å²) < 4.78 is 22.7. The van der Waals surface area contributed by atoms with Crippen molar-refractivity contribution in [2.24, 2.45) is 0 Å². The van der Waals surface area contributed by atoms with E-state index in [1.807, 2.05) is 0 Å². The van der Waals surface area contributed by atoms with Crippen molar-refractivity contribution in [2.75, 3.05) is 5.32 Å². The summed E-state index contributed by atoms with van der Waals surface area (Å²) in [7, 11) is 0. The lowest BCUT2D eigenvalue weighted by molar-refractivity contribution is 0.101. The van der Waals surface area contributed by atoms with Crippen LogP contribution < -0.4 is 10.1 Å². The fourth-order valence-corrected chi connectivity index (χ4v) is 3.71. The molecule has 0 atom stereocenters. The summed E-state index contributed by atoms with van der Waals surface area (Å²) in [5.74, 6) is -0.121. The molecule has 11 heteroatoms. The molecule has 170 valence electrons. The molecule has 0 saturated carbocycles. The van der Waals surface area contributed by atoms with Gasteiger partial charge in [-0.25, -0.2) is 9.07 Å². The molecular weight excluding hydrogens is 492 g/mol. The average Bonchev–Trinajstić information content (AvgIpc) is 3.37. The number of nitrogens with zero attached hydrogens (tertiary/aromatic N) is 4. The molecule has 4 rings (SSSR count). The highest BCUT2D eigenvalue weighted by atomic mass is 35.5. The van der Waals surface area contributed by atoms with E-state index >= 15 is 0 Å². The molecule has 0 saturated heterocycles. The summed E-state index contributed by atoms with van der Waals surface area (Å²) in [4.78, 5) is 12.6. The van der Waals surface area contributed by atoms with Gasteiger partial charge < -0.3 is 10.1 Å². The third kappa shape index (κ3) is 5.47. The number of hydrogen-bond donors (Lipinski definition) is 1. The van der Waals surface area contributed by atoms with Crippen molar-refractivity contribution in [1.82, 2.24) is 19.6 Å². The number of nitrogens with one attached hydrogen (secondary N) is 1. The Morgan fingerprint density at radius 1 is 1.09 bits per heavy atom. The van der Waals surface area contributed by atoms with Gasteiger partial charge in [-0.2, -0.15) is 10.2 Å². The van der Waals surface area contributed by atoms with Gasteiger partial charge in [0, 0.05) is 33.6 Å². The molecule has 0 unspecified atom stereocenters. The van der Waals surface area contributed by atoms with E-state index in [-0.39, 0.29) is 19.0 Å². The van der Waals surface area contributed by atoms with Crippen LogP contribution in [0.15, 0.2) is 54.7 Å². The highest BCUT2D eigenvalue weighted by molar-refractivity contribution is 6.35. The Hall–Kier alpha value is -3.07. The maximum absolute atomic E-state index is 14.1. The summed E-state index contributed by atoms with van der Waals surface area (Å²) in [5, 5.41) is 12.4. The van der Waals surface area contributed by atoms with Crippen LogP contribution in [0.4, 0.5) is 10.2 Å². The molecule has 0 aliphatic rings. The predicted molar refractivity (Wildman–Crippen MR) is 125 cm³/mol. The summed E-state index contributed by atoms with van der Waals surface area (Å²) >= 11 is 18.1. The monoisotopic (exact) mass is 507 g/mol. The van der Waals surface area contributed by atoms with Crippen LogP contribution in [0.5, 0.6) is 5.75 Å². The Morgan fingerprint density at radius 3 is 2.67 bits per heavy atom. The Labute approximate surface area is 203 Å². The SMILES string of the molecule is Cc1cc(NC(=O)c2ccn(COc3ccc(Cl)cc3Cl)n2)nn1Cc1c(F)cccc1Cl. The van der Waals surface area contributed by atoms with Crippen LogP contribution in [-0.2, 0) is 13.3 Å². The highest BCUT2D eigenvalue weighted by Crippen LogP contribution is 2.27. The summed E-state index contributed by atoms with van der Waals surface area (Å²) in [5.41, 5.74) is 1.22. The maximum atomic E-state index is 14.1. The Morgan fingerprint density at radius 2 is 1.91 bits per heavy atom. The topological polar surface area (TPSA) is 74.0 Å². The minimum Gasteiger partial charge on any atom is -0.470 e. The van der Waals surface area contributed by atoms with Gasteiger partial charge in [-0.05, 0) is 43.3 Å². The van der Waals surface area contributed by atoms with Crippen molar-refractivity contribution in [1.29, 1.82) is 0 Å². The van der Waals surface area contributed by atoms with Gasteiger partial charge in [0.25, 0.3) is 5.91 Å². The number of ether oxygens (including phenoxy) is 1. The van der Waals surface area contributed by atoms with Gasteiger partial charge in [0.05, 0.1) is 11.6 Å². The number of rotatable bonds is 7. The lowest BCUT2D eigenvalue weighted by atomic mass is 10.2. The predicted octanol–water partition coefficient (Wildman–Crippen LogP) is 5.82. The minimum absolute atomic E-state index is 0.0474. The van der Waals surface area contributed by atoms with Crippen molar-refractivity contribution >= 4 is 46.5 Å². The summed E-state index contributed by atoms with van der Waals surface area (Å²) in [6.45, 7) is 1.98. The molecule has 33 heavy (non-hydrogen) atoms. The third-order valence-electron chi connectivity index (χ3n) is 4.71. The highest BCUT2D eigenvalue weighted by Gasteiger charge is 2.15. The van der Waals surface area contributed by atoms with Crippen LogP contribution in [0.1, 0.15) is 21.7 Å². The first-order valence-electron chi connectivity index (χ1n) is 9.70. The molecule has 0 bridgehead atoms. The summed E-state index contributed by atoms with van der Waals surface area (Å²) in [6, 6.07) is 12.6. The lowest BCUT2D eigenvalue weighted by Gasteiger charge is -2.08. The van der Waals surface area contributed by atoms with Gasteiger partial charge in [0.1, 0.15) is 11.6 Å². The van der Waals surface area contributed by atoms with Crippen molar-refractivity contribution in [3.05, 3.63) is 92.6 Å². The minimum atomic E-state index is -0.452. The maximum Gasteiger partial charge on any atom is 0.277 e. The largest absolute Gasteiger partial charge is 0.470 e. The molecule has 7 nitrogen and oxygen atoms in total. The van der Waals surface area contributed by atoms with Crippen molar-refractivity contribution in [3.63, 3.8) is 0 Å². The zero-order valence-corrected chi connectivity index (χ0v) is 19.5. The van der Waals surface area contributed by atoms with Crippen molar-refractivity contribution < 1.29 is 13.9 Å². The second-order valence-corrected chi connectivity index (χ2v) is 8.32. The smallest absolute Gasteiger partial charge is 0.277 e. The van der Waals surface area contributed by atoms with E-state index in [1.54, 1.807) is 54.2 Å². The number of aromatic nitrogens is 4. The molecule has 2 heterocycles. The fraction of sp³-hybridized carbons (Fsp3) is 0.136. The number of anilines is 1. The number of amides is 1. The Balaban J connectivity index is 1.40. The summed E-state index contributed by atoms with van der Waals surface area (Å²) in [6.07, 6.45) is 1.60. The van der Waals surface area contributed by atoms with E-state index in [4.69, 9.17) is 39.5 Å². The van der Waals surface area contributed by atoms with E-state index in [2.05, 4.69) is 15.5 Å². The zero-order chi connectivity index (χ0) is 23.5. The number of carbonyl (C=O) groups is 1. The standard InChI is InChI=1S/C22H17Cl3FN5O2/c1-13-9-21(29-31(13)11-15-16(24)3-2-4-18(15)26)27-22(32)19-7-8-30(28-19)12-33-20-6-5-14(23)10-17(20)25/h2-10H,11-12H2,1H3,(H,27,29,32). The van der Waals surface area contributed by atoms with Gasteiger partial charge in [0.15, 0.2) is 18.2 Å². The van der Waals surface area contributed by atoms with Crippen LogP contribution >= 0.6 is 34.8 Å². The first-order chi connectivity index (χ1) is 15.8. The lowest BCUT2D eigenvalue weighted by Crippen LogP contribution is -2.15. The van der Waals surface area contributed by atoms with E-state index in [1.165, 1.54) is 16.8 Å². The second-order valence-electron chi connectivity index (χ2n) is 7.07. The number of aryl methyl sites for hydroxylation is 1. The second kappa shape index (κ2) is 9.82. The molecule has 0 fully saturated rings. The van der Waals surface area contributed by atoms with E-state index in [9.17, 15) is 9.18 Å². The quantitative estimate of drug-likeness (QED) is 0.341. The van der Waals surface area contributed by atoms with Crippen molar-refractivity contribution in [2.45, 2.75) is 20.2 Å². The van der Waals surface area contributed by atoms with Crippen LogP contribution in [0.2, 0.25) is 15.1 Å². The van der Waals surface area contributed by atoms with E-state index in [0.29, 0.717) is 32.2 Å². The molecule has 4 aromatic rings. The number of halogens is 4. The molecular formula is C22H17Cl3FN5O2. The van der Waals surface area contributed by atoms with Crippen molar-refractivity contribution in [3.8, 4) is 5.75 Å². The molecule has 0 aliphatic carbocycles. The van der Waals surface area contributed by atoms with Gasteiger partial charge in [-0.3, -0.25) is 9.48 Å². The van der Waals surface area contributed by atoms with Crippen LogP contribution in [0, 0.1) is 12.7 Å². The molecule has 0 spiro atoms. The molecule has 2 aromatic carbocycles. The van der Waals surface area contributed by atoms with Gasteiger partial charge in [-0.1, -0.05) is 40.9 Å². The number of benzene rings is 2.